The van der Waals surface area contributed by atoms with Gasteiger partial charge in [-0.25, -0.2) is 8.42 Å². The molecule has 0 aliphatic carbocycles. The van der Waals surface area contributed by atoms with E-state index in [1.165, 1.54) is 0 Å². The van der Waals surface area contributed by atoms with Crippen molar-refractivity contribution in [2.45, 2.75) is 12.2 Å². The molecule has 1 aliphatic heterocycles. The summed E-state index contributed by atoms with van der Waals surface area (Å²) >= 11 is 3.26. The summed E-state index contributed by atoms with van der Waals surface area (Å²) in [5, 5.41) is 4.13. The van der Waals surface area contributed by atoms with Gasteiger partial charge in [0.2, 0.25) is 0 Å². The first kappa shape index (κ1) is 9.21. The highest BCUT2D eigenvalue weighted by molar-refractivity contribution is 9.10. The lowest BCUT2D eigenvalue weighted by Crippen LogP contribution is -2.19. The predicted octanol–water partition coefficient (Wildman–Crippen LogP) is 0.653. The Morgan fingerprint density at radius 1 is 1.54 bits per heavy atom. The molecule has 2 rings (SSSR count). The molecule has 0 fully saturated rings. The highest BCUT2D eigenvalue weighted by Gasteiger charge is 2.26. The zero-order valence-electron chi connectivity index (χ0n) is 7.12. The molecule has 0 atom stereocenters. The Kier molecular flexibility index (Phi) is 1.99. The van der Waals surface area contributed by atoms with Crippen LogP contribution >= 0.6 is 15.9 Å². The van der Waals surface area contributed by atoms with E-state index in [4.69, 9.17) is 0 Å². The molecule has 2 heterocycles. The number of hydrogen-bond donors (Lipinski definition) is 0. The smallest absolute Gasteiger partial charge is 0.155 e. The molecule has 13 heavy (non-hydrogen) atoms. The van der Waals surface area contributed by atoms with Crippen molar-refractivity contribution < 1.29 is 8.42 Å². The quantitative estimate of drug-likeness (QED) is 0.692. The van der Waals surface area contributed by atoms with Crippen LogP contribution in [0.15, 0.2) is 4.60 Å². The average molecular weight is 265 g/mol. The molecule has 1 aliphatic rings. The lowest BCUT2D eigenvalue weighted by atomic mass is 10.2. The van der Waals surface area contributed by atoms with Gasteiger partial charge in [0.05, 0.1) is 11.5 Å². The molecule has 6 heteroatoms. The van der Waals surface area contributed by atoms with E-state index in [-0.39, 0.29) is 11.5 Å². The minimum Gasteiger partial charge on any atom is -0.271 e. The lowest BCUT2D eigenvalue weighted by Gasteiger charge is -2.12. The van der Waals surface area contributed by atoms with Crippen molar-refractivity contribution >= 4 is 25.8 Å². The van der Waals surface area contributed by atoms with Gasteiger partial charge in [0.25, 0.3) is 0 Å². The number of sulfone groups is 1. The van der Waals surface area contributed by atoms with Crippen LogP contribution in [0.4, 0.5) is 0 Å². The molecular formula is C7H9BrN2O2S. The summed E-state index contributed by atoms with van der Waals surface area (Å²) in [5.41, 5.74) is 1.86. The second-order valence-corrected chi connectivity index (χ2v) is 6.12. The fraction of sp³-hybridized carbons (Fsp3) is 0.571. The highest BCUT2D eigenvalue weighted by Crippen LogP contribution is 2.26. The molecule has 0 unspecified atom stereocenters. The van der Waals surface area contributed by atoms with Crippen LogP contribution in [0.25, 0.3) is 0 Å². The Morgan fingerprint density at radius 2 is 2.23 bits per heavy atom. The van der Waals surface area contributed by atoms with Crippen LogP contribution in [0.5, 0.6) is 0 Å². The second-order valence-electron chi connectivity index (χ2n) is 3.18. The number of aryl methyl sites for hydroxylation is 1. The maximum absolute atomic E-state index is 11.3. The van der Waals surface area contributed by atoms with E-state index < -0.39 is 9.84 Å². The van der Waals surface area contributed by atoms with E-state index in [1.807, 2.05) is 7.05 Å². The molecule has 0 amide bonds. The topological polar surface area (TPSA) is 52.0 Å². The maximum atomic E-state index is 11.3. The summed E-state index contributed by atoms with van der Waals surface area (Å²) in [7, 11) is -1.05. The lowest BCUT2D eigenvalue weighted by molar-refractivity contribution is 0.589. The summed E-state index contributed by atoms with van der Waals surface area (Å²) in [5.74, 6) is 0.364. The van der Waals surface area contributed by atoms with Crippen molar-refractivity contribution in [1.82, 2.24) is 9.78 Å². The van der Waals surface area contributed by atoms with E-state index in [0.29, 0.717) is 11.0 Å². The summed E-state index contributed by atoms with van der Waals surface area (Å²) < 4.78 is 25.0. The summed E-state index contributed by atoms with van der Waals surface area (Å²) in [6.07, 6.45) is 0.576. The van der Waals surface area contributed by atoms with Crippen molar-refractivity contribution in [3.8, 4) is 0 Å². The molecule has 1 aromatic heterocycles. The van der Waals surface area contributed by atoms with E-state index in [1.54, 1.807) is 4.68 Å². The van der Waals surface area contributed by atoms with E-state index in [9.17, 15) is 8.42 Å². The van der Waals surface area contributed by atoms with E-state index >= 15 is 0 Å². The van der Waals surface area contributed by atoms with Crippen LogP contribution in [0.2, 0.25) is 0 Å². The van der Waals surface area contributed by atoms with Gasteiger partial charge in [0.15, 0.2) is 9.84 Å². The van der Waals surface area contributed by atoms with Gasteiger partial charge in [-0.1, -0.05) is 0 Å². The van der Waals surface area contributed by atoms with Crippen molar-refractivity contribution in [1.29, 1.82) is 0 Å². The first-order valence-electron chi connectivity index (χ1n) is 3.90. The highest BCUT2D eigenvalue weighted by atomic mass is 79.9. The van der Waals surface area contributed by atoms with Gasteiger partial charge in [-0.2, -0.15) is 5.10 Å². The zero-order valence-corrected chi connectivity index (χ0v) is 9.52. The summed E-state index contributed by atoms with van der Waals surface area (Å²) in [6.45, 7) is 0. The summed E-state index contributed by atoms with van der Waals surface area (Å²) in [6, 6.07) is 0. The Labute approximate surface area is 85.0 Å². The minimum atomic E-state index is -2.89. The molecule has 1 aromatic rings. The third kappa shape index (κ3) is 1.52. The van der Waals surface area contributed by atoms with Crippen molar-refractivity contribution in [2.24, 2.45) is 7.05 Å². The molecule has 0 spiro atoms. The van der Waals surface area contributed by atoms with Gasteiger partial charge in [-0.3, -0.25) is 4.68 Å². The number of fused-ring (bicyclic) bond motifs is 1. The van der Waals surface area contributed by atoms with E-state index in [0.717, 1.165) is 11.3 Å². The average Bonchev–Trinajstić information content (AvgIpc) is 2.26. The number of nitrogens with zero attached hydrogens (tertiary/aromatic N) is 2. The number of aromatic nitrogens is 2. The van der Waals surface area contributed by atoms with Crippen LogP contribution in [0, 0.1) is 0 Å². The van der Waals surface area contributed by atoms with Gasteiger partial charge in [-0.15, -0.1) is 0 Å². The van der Waals surface area contributed by atoms with Crippen LogP contribution in [-0.4, -0.2) is 24.0 Å². The SMILES string of the molecule is Cn1nc(Br)c2c1CCS(=O)(=O)C2. The summed E-state index contributed by atoms with van der Waals surface area (Å²) in [4.78, 5) is 0. The van der Waals surface area contributed by atoms with Crippen molar-refractivity contribution in [3.63, 3.8) is 0 Å². The van der Waals surface area contributed by atoms with Gasteiger partial charge >= 0.3 is 0 Å². The van der Waals surface area contributed by atoms with Gasteiger partial charge in [0, 0.05) is 24.7 Å². The molecule has 0 N–H and O–H groups in total. The minimum absolute atomic E-state index is 0.122. The Bertz CT molecular complexity index is 449. The van der Waals surface area contributed by atoms with Gasteiger partial charge < -0.3 is 0 Å². The number of hydrogen-bond acceptors (Lipinski definition) is 3. The van der Waals surface area contributed by atoms with Gasteiger partial charge in [0.1, 0.15) is 4.60 Å². The normalized spacial score (nSPS) is 19.8. The number of halogens is 1. The van der Waals surface area contributed by atoms with Gasteiger partial charge in [-0.05, 0) is 15.9 Å². The van der Waals surface area contributed by atoms with Crippen LogP contribution < -0.4 is 0 Å². The monoisotopic (exact) mass is 264 g/mol. The fourth-order valence-corrected chi connectivity index (χ4v) is 3.75. The molecule has 0 aromatic carbocycles. The first-order chi connectivity index (χ1) is 5.99. The number of rotatable bonds is 0. The molecule has 0 bridgehead atoms. The molecular weight excluding hydrogens is 256 g/mol. The Hall–Kier alpha value is -0.360. The van der Waals surface area contributed by atoms with Crippen LogP contribution in [0.3, 0.4) is 0 Å². The standard InChI is InChI=1S/C7H9BrN2O2S/c1-10-6-2-3-13(11,12)4-5(6)7(8)9-10/h2-4H2,1H3. The second kappa shape index (κ2) is 2.81. The van der Waals surface area contributed by atoms with Crippen molar-refractivity contribution in [3.05, 3.63) is 15.9 Å². The maximum Gasteiger partial charge on any atom is 0.155 e. The zero-order chi connectivity index (χ0) is 9.64. The molecule has 4 nitrogen and oxygen atoms in total. The molecule has 0 radical (unpaired) electrons. The Morgan fingerprint density at radius 3 is 2.92 bits per heavy atom. The van der Waals surface area contributed by atoms with Crippen molar-refractivity contribution in [2.75, 3.05) is 5.75 Å². The van der Waals surface area contributed by atoms with Crippen LogP contribution in [0.1, 0.15) is 11.3 Å². The van der Waals surface area contributed by atoms with Crippen LogP contribution in [-0.2, 0) is 29.1 Å². The predicted molar refractivity (Wildman–Crippen MR) is 52.1 cm³/mol. The first-order valence-corrected chi connectivity index (χ1v) is 6.52. The van der Waals surface area contributed by atoms with E-state index in [2.05, 4.69) is 21.0 Å². The third-order valence-electron chi connectivity index (χ3n) is 2.24. The fourth-order valence-electron chi connectivity index (χ4n) is 1.57. The molecule has 72 valence electrons. The Balaban J connectivity index is 2.57. The molecule has 0 saturated heterocycles. The third-order valence-corrected chi connectivity index (χ3v) is 4.43. The largest absolute Gasteiger partial charge is 0.271 e. The molecule has 0 saturated carbocycles.